The minimum Gasteiger partial charge on any atom is -0.367 e. The zero-order valence-electron chi connectivity index (χ0n) is 20.0. The smallest absolute Gasteiger partial charge is 0.237 e. The number of morpholine rings is 1. The van der Waals surface area contributed by atoms with E-state index in [4.69, 9.17) is 10.5 Å². The molecule has 1 heterocycles. The summed E-state index contributed by atoms with van der Waals surface area (Å²) >= 11 is 0. The Morgan fingerprint density at radius 2 is 1.83 bits per heavy atom. The third-order valence-corrected chi connectivity index (χ3v) is 7.26. The Kier molecular flexibility index (Phi) is 9.33. The molecule has 0 aromatic heterocycles. The number of nitrogens with one attached hydrogen (secondary N) is 2. The molecule has 188 valence electrons. The minimum absolute atomic E-state index is 0.0461. The lowest BCUT2D eigenvalue weighted by molar-refractivity contribution is -0.123. The summed E-state index contributed by atoms with van der Waals surface area (Å²) in [6.45, 7) is 5.50. The molecule has 2 aromatic carbocycles. The lowest BCUT2D eigenvalue weighted by atomic mass is 9.99. The Bertz CT molecular complexity index is 1130. The van der Waals surface area contributed by atoms with E-state index in [0.29, 0.717) is 18.7 Å². The molecule has 8 nitrogen and oxygen atoms in total. The van der Waals surface area contributed by atoms with Gasteiger partial charge >= 0.3 is 0 Å². The second kappa shape index (κ2) is 12.2. The van der Waals surface area contributed by atoms with E-state index in [1.807, 2.05) is 13.8 Å². The van der Waals surface area contributed by atoms with Crippen molar-refractivity contribution in [1.29, 1.82) is 0 Å². The largest absolute Gasteiger partial charge is 0.367 e. The number of ketones is 1. The molecule has 1 unspecified atom stereocenters. The average molecular weight is 500 g/mol. The molecule has 1 fully saturated rings. The van der Waals surface area contributed by atoms with Crippen LogP contribution in [0.15, 0.2) is 71.0 Å². The van der Waals surface area contributed by atoms with Crippen molar-refractivity contribution in [2.45, 2.75) is 43.4 Å². The van der Waals surface area contributed by atoms with Crippen molar-refractivity contribution >= 4 is 21.5 Å². The first-order valence-electron chi connectivity index (χ1n) is 11.7. The van der Waals surface area contributed by atoms with Crippen LogP contribution in [0, 0.1) is 5.92 Å². The molecule has 9 heteroatoms. The first-order valence-corrected chi connectivity index (χ1v) is 13.2. The van der Waals surface area contributed by atoms with Crippen molar-refractivity contribution in [3.8, 4) is 0 Å². The number of nitrogens with two attached hydrogens (primary N) is 1. The monoisotopic (exact) mass is 499 g/mol. The summed E-state index contributed by atoms with van der Waals surface area (Å²) in [4.78, 5) is 25.5. The van der Waals surface area contributed by atoms with Gasteiger partial charge in [-0.25, -0.2) is 8.42 Å². The zero-order chi connectivity index (χ0) is 25.4. The molecule has 0 aliphatic carbocycles. The van der Waals surface area contributed by atoms with Crippen LogP contribution < -0.4 is 16.4 Å². The van der Waals surface area contributed by atoms with Crippen LogP contribution >= 0.6 is 0 Å². The number of ether oxygens (including phenoxy) is 1. The number of amides is 1. The summed E-state index contributed by atoms with van der Waals surface area (Å²) in [5, 5.41) is 7.10. The lowest BCUT2D eigenvalue weighted by Crippen LogP contribution is -2.47. The van der Waals surface area contributed by atoms with Crippen LogP contribution in [0.5, 0.6) is 0 Å². The third-order valence-electron chi connectivity index (χ3n) is 5.81. The molecule has 0 spiro atoms. The van der Waals surface area contributed by atoms with Gasteiger partial charge in [0, 0.05) is 24.1 Å². The fourth-order valence-electron chi connectivity index (χ4n) is 3.66. The lowest BCUT2D eigenvalue weighted by Gasteiger charge is -2.22. The maximum Gasteiger partial charge on any atom is 0.237 e. The van der Waals surface area contributed by atoms with Gasteiger partial charge in [0.1, 0.15) is 6.10 Å². The average Bonchev–Trinajstić information content (AvgIpc) is 2.87. The normalized spacial score (nSPS) is 18.3. The van der Waals surface area contributed by atoms with Gasteiger partial charge in [-0.3, -0.25) is 9.59 Å². The molecule has 2 aromatic rings. The predicted molar refractivity (Wildman–Crippen MR) is 135 cm³/mol. The Hall–Kier alpha value is -2.85. The Labute approximate surface area is 206 Å². The van der Waals surface area contributed by atoms with E-state index in [9.17, 15) is 18.0 Å². The van der Waals surface area contributed by atoms with Gasteiger partial charge in [-0.1, -0.05) is 62.4 Å². The van der Waals surface area contributed by atoms with Gasteiger partial charge in [0.15, 0.2) is 15.6 Å². The number of carbonyl (C=O) groups is 2. The number of rotatable bonds is 10. The number of Topliss-reactive ketones (excluding diaryl/α,β-unsaturated/α-hetero) is 1. The van der Waals surface area contributed by atoms with Gasteiger partial charge in [-0.05, 0) is 30.0 Å². The highest BCUT2D eigenvalue weighted by Gasteiger charge is 2.24. The quantitative estimate of drug-likeness (QED) is 0.426. The third kappa shape index (κ3) is 7.57. The standard InChI is InChI=1S/C26H33N3O5S/c1-18(2)23(12-15-35(32,33)21-6-4-3-5-7-21)29-26(31)22(27)16-19-8-10-20(11-9-19)25(30)24-17-28-13-14-34-24/h3-12,15,18,22-24,28H,13-14,16-17,27H2,1-2H3,(H,29,31)/t22-,23+,24?/m0/s1. The number of sulfone groups is 1. The summed E-state index contributed by atoms with van der Waals surface area (Å²) in [5.74, 6) is -0.509. The van der Waals surface area contributed by atoms with E-state index in [-0.39, 0.29) is 28.9 Å². The van der Waals surface area contributed by atoms with Gasteiger partial charge in [0.25, 0.3) is 0 Å². The first-order chi connectivity index (χ1) is 16.7. The van der Waals surface area contributed by atoms with Crippen LogP contribution in [0.4, 0.5) is 0 Å². The van der Waals surface area contributed by atoms with Crippen LogP contribution in [-0.4, -0.2) is 58.0 Å². The van der Waals surface area contributed by atoms with Crippen LogP contribution in [-0.2, 0) is 25.8 Å². The summed E-state index contributed by atoms with van der Waals surface area (Å²) in [7, 11) is -3.62. The Morgan fingerprint density at radius 1 is 1.14 bits per heavy atom. The highest BCUT2D eigenvalue weighted by molar-refractivity contribution is 7.94. The van der Waals surface area contributed by atoms with E-state index >= 15 is 0 Å². The first kappa shape index (κ1) is 26.7. The number of carbonyl (C=O) groups excluding carboxylic acids is 2. The number of hydrogen-bond acceptors (Lipinski definition) is 7. The van der Waals surface area contributed by atoms with Crippen LogP contribution in [0.2, 0.25) is 0 Å². The maximum atomic E-state index is 12.7. The summed E-state index contributed by atoms with van der Waals surface area (Å²) in [6.07, 6.45) is 1.27. The van der Waals surface area contributed by atoms with Gasteiger partial charge in [0.2, 0.25) is 5.91 Å². The van der Waals surface area contributed by atoms with Gasteiger partial charge in [0.05, 0.1) is 23.6 Å². The number of benzene rings is 2. The topological polar surface area (TPSA) is 128 Å². The van der Waals surface area contributed by atoms with Crippen LogP contribution in [0.3, 0.4) is 0 Å². The van der Waals surface area contributed by atoms with E-state index < -0.39 is 28.0 Å². The fourth-order valence-corrected chi connectivity index (χ4v) is 4.73. The second-order valence-corrected chi connectivity index (χ2v) is 10.7. The molecule has 0 radical (unpaired) electrons. The van der Waals surface area contributed by atoms with E-state index in [2.05, 4.69) is 10.6 Å². The second-order valence-electron chi connectivity index (χ2n) is 8.90. The van der Waals surface area contributed by atoms with E-state index in [1.54, 1.807) is 42.5 Å². The minimum atomic E-state index is -3.62. The van der Waals surface area contributed by atoms with Crippen LogP contribution in [0.1, 0.15) is 29.8 Å². The molecule has 3 atom stereocenters. The van der Waals surface area contributed by atoms with Gasteiger partial charge in [-0.2, -0.15) is 0 Å². The fraction of sp³-hybridized carbons (Fsp3) is 0.385. The number of hydrogen-bond donors (Lipinski definition) is 3. The molecule has 1 saturated heterocycles. The molecule has 1 aliphatic rings. The molecule has 1 aliphatic heterocycles. The van der Waals surface area contributed by atoms with Crippen molar-refractivity contribution in [2.24, 2.45) is 11.7 Å². The van der Waals surface area contributed by atoms with Crippen molar-refractivity contribution in [3.63, 3.8) is 0 Å². The van der Waals surface area contributed by atoms with Crippen molar-refractivity contribution in [1.82, 2.24) is 10.6 Å². The van der Waals surface area contributed by atoms with E-state index in [0.717, 1.165) is 17.5 Å². The molecule has 0 saturated carbocycles. The molecule has 35 heavy (non-hydrogen) atoms. The summed E-state index contributed by atoms with van der Waals surface area (Å²) in [6, 6.07) is 13.8. The molecule has 0 bridgehead atoms. The molecule has 4 N–H and O–H groups in total. The highest BCUT2D eigenvalue weighted by Crippen LogP contribution is 2.14. The summed E-state index contributed by atoms with van der Waals surface area (Å²) < 4.78 is 30.6. The highest BCUT2D eigenvalue weighted by atomic mass is 32.2. The summed E-state index contributed by atoms with van der Waals surface area (Å²) in [5.41, 5.74) is 7.50. The zero-order valence-corrected chi connectivity index (χ0v) is 20.8. The maximum absolute atomic E-state index is 12.7. The van der Waals surface area contributed by atoms with Crippen molar-refractivity contribution < 1.29 is 22.7 Å². The van der Waals surface area contributed by atoms with Gasteiger partial charge < -0.3 is 21.1 Å². The molecule has 1 amide bonds. The van der Waals surface area contributed by atoms with Crippen molar-refractivity contribution in [2.75, 3.05) is 19.7 Å². The van der Waals surface area contributed by atoms with E-state index in [1.165, 1.54) is 18.2 Å². The predicted octanol–water partition coefficient (Wildman–Crippen LogP) is 1.86. The molecular weight excluding hydrogens is 466 g/mol. The van der Waals surface area contributed by atoms with Gasteiger partial charge in [-0.15, -0.1) is 0 Å². The SMILES string of the molecule is CC(C)[C@@H](C=CS(=O)(=O)c1ccccc1)NC(=O)[C@@H](N)Cc1ccc(C(=O)C2CNCCO2)cc1. The molecular formula is C26H33N3O5S. The molecule has 3 rings (SSSR count). The van der Waals surface area contributed by atoms with Crippen molar-refractivity contribution in [3.05, 3.63) is 77.2 Å². The Balaban J connectivity index is 1.59. The van der Waals surface area contributed by atoms with Crippen LogP contribution in [0.25, 0.3) is 0 Å². The Morgan fingerprint density at radius 3 is 2.43 bits per heavy atom.